The average molecular weight is 147 g/mol. The Bertz CT molecular complexity index is 69.8. The molecule has 0 aliphatic rings. The zero-order chi connectivity index (χ0) is 7.21. The molecule has 49 valence electrons. The van der Waals surface area contributed by atoms with Gasteiger partial charge in [-0.25, -0.2) is 4.57 Å². The second kappa shape index (κ2) is 5.18. The minimum absolute atomic E-state index is 0. The standard InChI is InChI=1S/BH2O2.F2HO2P/c2-1-3;1-5(2,3)4/h2-3H;(H,3,4). The number of halogens is 2. The van der Waals surface area contributed by atoms with Gasteiger partial charge in [-0.3, -0.25) is 4.89 Å². The zero-order valence-electron chi connectivity index (χ0n) is 3.53. The van der Waals surface area contributed by atoms with Crippen LogP contribution in [-0.2, 0) is 4.57 Å². The third kappa shape index (κ3) is 125000. The van der Waals surface area contributed by atoms with E-state index >= 15 is 0 Å². The largest absolute Gasteiger partial charge is 0.549 e. The predicted octanol–water partition coefficient (Wildman–Crippen LogP) is -0.469. The first kappa shape index (κ1) is 10.9. The molecule has 0 unspecified atom stereocenters. The van der Waals surface area contributed by atoms with E-state index in [0.717, 1.165) is 0 Å². The molecule has 0 heterocycles. The molecule has 0 atom stereocenters. The Balaban J connectivity index is 0. The van der Waals surface area contributed by atoms with E-state index in [0.29, 0.717) is 0 Å². The molecule has 0 spiro atoms. The maximum atomic E-state index is 10.1. The lowest BCUT2D eigenvalue weighted by molar-refractivity contribution is 0.376. The Hall–Kier alpha value is 0.0349. The van der Waals surface area contributed by atoms with Gasteiger partial charge < -0.3 is 10.0 Å². The fourth-order valence-corrected chi connectivity index (χ4v) is 0. The van der Waals surface area contributed by atoms with Crippen LogP contribution in [0.1, 0.15) is 0 Å². The Kier molecular flexibility index (Phi) is 7.07. The fraction of sp³-hybridized carbons (Fsp3) is 0. The molecule has 0 aliphatic carbocycles. The highest BCUT2D eigenvalue weighted by atomic mass is 31.2. The molecule has 0 aromatic rings. The van der Waals surface area contributed by atoms with Crippen molar-refractivity contribution in [2.75, 3.05) is 0 Å². The van der Waals surface area contributed by atoms with Crippen LogP contribution in [0, 0.1) is 0 Å². The normalized spacial score (nSPS) is 9.12. The molecule has 0 rings (SSSR count). The van der Waals surface area contributed by atoms with Crippen molar-refractivity contribution < 1.29 is 27.9 Å². The third-order valence-corrected chi connectivity index (χ3v) is 0. The maximum Gasteiger partial charge on any atom is 0.549 e. The second-order valence-electron chi connectivity index (χ2n) is 0.550. The van der Waals surface area contributed by atoms with Crippen molar-refractivity contribution in [2.45, 2.75) is 0 Å². The molecule has 0 fully saturated rings. The number of hydrogen-bond donors (Lipinski definition) is 3. The highest BCUT2D eigenvalue weighted by Crippen LogP contribution is 2.43. The summed E-state index contributed by atoms with van der Waals surface area (Å²) in [5.74, 6) is 0. The molecule has 0 aromatic carbocycles. The third-order valence-electron chi connectivity index (χ3n) is 0. The van der Waals surface area contributed by atoms with Crippen molar-refractivity contribution in [3.63, 3.8) is 0 Å². The molecule has 8 heteroatoms. The summed E-state index contributed by atoms with van der Waals surface area (Å²) in [5, 5.41) is 14.0. The summed E-state index contributed by atoms with van der Waals surface area (Å²) < 4.78 is 28.7. The van der Waals surface area contributed by atoms with Crippen LogP contribution in [0.5, 0.6) is 0 Å². The summed E-state index contributed by atoms with van der Waals surface area (Å²) in [5.41, 5.74) is 0. The summed E-state index contributed by atoms with van der Waals surface area (Å²) in [6, 6.07) is 0. The van der Waals surface area contributed by atoms with Crippen LogP contribution in [0.4, 0.5) is 8.39 Å². The van der Waals surface area contributed by atoms with E-state index in [4.69, 9.17) is 19.5 Å². The van der Waals surface area contributed by atoms with Crippen LogP contribution in [0.25, 0.3) is 0 Å². The number of rotatable bonds is 0. The van der Waals surface area contributed by atoms with Gasteiger partial charge in [-0.2, -0.15) is 0 Å². The lowest BCUT2D eigenvalue weighted by atomic mass is 10.5. The zero-order valence-corrected chi connectivity index (χ0v) is 4.42. The topological polar surface area (TPSA) is 77.8 Å². The van der Waals surface area contributed by atoms with Crippen molar-refractivity contribution >= 4 is 15.7 Å². The van der Waals surface area contributed by atoms with Crippen molar-refractivity contribution in [3.05, 3.63) is 0 Å². The van der Waals surface area contributed by atoms with Gasteiger partial charge in [-0.1, -0.05) is 0 Å². The first-order chi connectivity index (χ1) is 3.41. The minimum Gasteiger partial charge on any atom is -0.429 e. The smallest absolute Gasteiger partial charge is 0.429 e. The highest BCUT2D eigenvalue weighted by molar-refractivity contribution is 7.46. The Morgan fingerprint density at radius 1 is 1.38 bits per heavy atom. The van der Waals surface area contributed by atoms with Gasteiger partial charge in [0, 0.05) is 0 Å². The summed E-state index contributed by atoms with van der Waals surface area (Å²) in [4.78, 5) is 6.74. The Morgan fingerprint density at radius 2 is 1.38 bits per heavy atom. The monoisotopic (exact) mass is 147 g/mol. The van der Waals surface area contributed by atoms with Crippen LogP contribution in [0.2, 0.25) is 0 Å². The van der Waals surface area contributed by atoms with E-state index in [1.165, 1.54) is 0 Å². The van der Waals surface area contributed by atoms with Gasteiger partial charge in [0.1, 0.15) is 0 Å². The summed E-state index contributed by atoms with van der Waals surface area (Å²) in [7, 11) is -5.64. The van der Waals surface area contributed by atoms with Gasteiger partial charge in [0.25, 0.3) is 0 Å². The lowest BCUT2D eigenvalue weighted by Crippen LogP contribution is -1.75. The van der Waals surface area contributed by atoms with E-state index < -0.39 is 7.99 Å². The van der Waals surface area contributed by atoms with Crippen LogP contribution in [0.3, 0.4) is 0 Å². The Morgan fingerprint density at radius 3 is 1.38 bits per heavy atom. The van der Waals surface area contributed by atoms with Crippen LogP contribution >= 0.6 is 7.99 Å². The van der Waals surface area contributed by atoms with E-state index in [1.54, 1.807) is 0 Å². The minimum atomic E-state index is -5.64. The molecule has 4 nitrogen and oxygen atoms in total. The summed E-state index contributed by atoms with van der Waals surface area (Å²) in [6.45, 7) is 0. The first-order valence-electron chi connectivity index (χ1n) is 1.24. The molecule has 0 amide bonds. The molecular formula is H3BF2O4P. The van der Waals surface area contributed by atoms with E-state index in [2.05, 4.69) is 0 Å². The molecule has 3 N–H and O–H groups in total. The molecule has 1 radical (unpaired) electrons. The second-order valence-corrected chi connectivity index (χ2v) is 1.42. The van der Waals surface area contributed by atoms with Crippen LogP contribution in [0.15, 0.2) is 0 Å². The molecule has 0 aromatic heterocycles. The van der Waals surface area contributed by atoms with Gasteiger partial charge in [0.05, 0.1) is 0 Å². The molecule has 0 aliphatic heterocycles. The summed E-state index contributed by atoms with van der Waals surface area (Å²) >= 11 is 0. The maximum absolute atomic E-state index is 10.1. The molecule has 0 saturated carbocycles. The SMILES string of the molecule is O=P(O)(F)F.O[B]O. The van der Waals surface area contributed by atoms with E-state index in [-0.39, 0.29) is 7.69 Å². The molecular weight excluding hydrogens is 144 g/mol. The van der Waals surface area contributed by atoms with Gasteiger partial charge in [0.2, 0.25) is 0 Å². The highest BCUT2D eigenvalue weighted by Gasteiger charge is 2.09. The number of hydrogen-bond acceptors (Lipinski definition) is 3. The Labute approximate surface area is 44.8 Å². The molecule has 0 saturated heterocycles. The van der Waals surface area contributed by atoms with Gasteiger partial charge >= 0.3 is 15.7 Å². The average Bonchev–Trinajstić information content (AvgIpc) is 1.27. The van der Waals surface area contributed by atoms with Gasteiger partial charge in [-0.15, -0.1) is 8.39 Å². The van der Waals surface area contributed by atoms with Crippen LogP contribution in [-0.4, -0.2) is 22.6 Å². The van der Waals surface area contributed by atoms with E-state index in [1.807, 2.05) is 0 Å². The van der Waals surface area contributed by atoms with Gasteiger partial charge in [0.15, 0.2) is 0 Å². The van der Waals surface area contributed by atoms with Crippen molar-refractivity contribution in [2.24, 2.45) is 0 Å². The van der Waals surface area contributed by atoms with Crippen molar-refractivity contribution in [1.82, 2.24) is 0 Å². The quantitative estimate of drug-likeness (QED) is 0.319. The molecule has 0 bridgehead atoms. The van der Waals surface area contributed by atoms with Crippen molar-refractivity contribution in [3.8, 4) is 0 Å². The molecule has 8 heavy (non-hydrogen) atoms. The van der Waals surface area contributed by atoms with Gasteiger partial charge in [-0.05, 0) is 0 Å². The van der Waals surface area contributed by atoms with Crippen LogP contribution < -0.4 is 0 Å². The van der Waals surface area contributed by atoms with E-state index in [9.17, 15) is 8.39 Å². The lowest BCUT2D eigenvalue weighted by Gasteiger charge is -1.73. The first-order valence-corrected chi connectivity index (χ1v) is 2.68. The fourth-order valence-electron chi connectivity index (χ4n) is 0. The van der Waals surface area contributed by atoms with Crippen molar-refractivity contribution in [1.29, 1.82) is 0 Å². The summed E-state index contributed by atoms with van der Waals surface area (Å²) in [6.07, 6.45) is 0. The predicted molar refractivity (Wildman–Crippen MR) is 22.2 cm³/mol.